The Morgan fingerprint density at radius 3 is 2.81 bits per heavy atom. The number of imidazole rings is 1. The van der Waals surface area contributed by atoms with Gasteiger partial charge in [0.1, 0.15) is 11.4 Å². The van der Waals surface area contributed by atoms with Gasteiger partial charge < -0.3 is 10.1 Å². The van der Waals surface area contributed by atoms with Gasteiger partial charge in [-0.05, 0) is 24.3 Å². The van der Waals surface area contributed by atoms with Gasteiger partial charge in [-0.1, -0.05) is 25.4 Å². The minimum Gasteiger partial charge on any atom is -0.437 e. The first-order valence-corrected chi connectivity index (χ1v) is 8.00. The van der Waals surface area contributed by atoms with Gasteiger partial charge in [0.15, 0.2) is 4.96 Å². The quantitative estimate of drug-likeness (QED) is 0.759. The van der Waals surface area contributed by atoms with Crippen LogP contribution in [0.3, 0.4) is 0 Å². The summed E-state index contributed by atoms with van der Waals surface area (Å²) in [5.74, 6) is 1.37. The molecule has 110 valence electrons. The van der Waals surface area contributed by atoms with Gasteiger partial charge in [-0.25, -0.2) is 0 Å². The van der Waals surface area contributed by atoms with E-state index in [0.29, 0.717) is 23.5 Å². The Bertz CT molecular complexity index is 733. The zero-order valence-electron chi connectivity index (χ0n) is 11.8. The van der Waals surface area contributed by atoms with Crippen LogP contribution in [0.5, 0.6) is 11.6 Å². The minimum atomic E-state index is 0.401. The summed E-state index contributed by atoms with van der Waals surface area (Å²) in [4.78, 5) is 5.48. The summed E-state index contributed by atoms with van der Waals surface area (Å²) < 4.78 is 7.98. The Morgan fingerprint density at radius 2 is 2.10 bits per heavy atom. The van der Waals surface area contributed by atoms with Gasteiger partial charge in [-0.15, -0.1) is 11.3 Å². The van der Waals surface area contributed by atoms with Gasteiger partial charge in [0, 0.05) is 29.2 Å². The van der Waals surface area contributed by atoms with Crippen LogP contribution in [0.25, 0.3) is 4.96 Å². The topological polar surface area (TPSA) is 38.6 Å². The number of rotatable bonds is 5. The smallest absolute Gasteiger partial charge is 0.243 e. The third kappa shape index (κ3) is 3.20. The highest BCUT2D eigenvalue weighted by Crippen LogP contribution is 2.28. The lowest BCUT2D eigenvalue weighted by Crippen LogP contribution is -2.22. The molecule has 0 saturated carbocycles. The van der Waals surface area contributed by atoms with E-state index in [0.717, 1.165) is 16.4 Å². The molecule has 0 atom stereocenters. The zero-order chi connectivity index (χ0) is 14.8. The van der Waals surface area contributed by atoms with Crippen molar-refractivity contribution >= 4 is 27.9 Å². The van der Waals surface area contributed by atoms with Crippen LogP contribution in [0, 0.1) is 0 Å². The highest BCUT2D eigenvalue weighted by atomic mass is 35.5. The molecule has 0 amide bonds. The molecule has 0 aliphatic rings. The molecule has 4 nitrogen and oxygen atoms in total. The number of nitrogens with zero attached hydrogens (tertiary/aromatic N) is 2. The van der Waals surface area contributed by atoms with Crippen molar-refractivity contribution in [3.63, 3.8) is 0 Å². The van der Waals surface area contributed by atoms with Crippen LogP contribution >= 0.6 is 22.9 Å². The summed E-state index contributed by atoms with van der Waals surface area (Å²) in [7, 11) is 0. The summed E-state index contributed by atoms with van der Waals surface area (Å²) in [6.45, 7) is 4.94. The Labute approximate surface area is 132 Å². The second kappa shape index (κ2) is 6.05. The van der Waals surface area contributed by atoms with Crippen LogP contribution in [0.2, 0.25) is 5.02 Å². The van der Waals surface area contributed by atoms with Crippen LogP contribution in [-0.4, -0.2) is 15.4 Å². The molecular weight excluding hydrogens is 306 g/mol. The number of ether oxygens (including phenoxy) is 1. The number of hydrogen-bond donors (Lipinski definition) is 1. The van der Waals surface area contributed by atoms with E-state index in [-0.39, 0.29) is 0 Å². The van der Waals surface area contributed by atoms with Crippen molar-refractivity contribution < 1.29 is 4.74 Å². The summed E-state index contributed by atoms with van der Waals surface area (Å²) in [5.41, 5.74) is 1.02. The number of fused-ring (bicyclic) bond motifs is 1. The molecule has 1 aromatic carbocycles. The number of hydrogen-bond acceptors (Lipinski definition) is 4. The molecule has 21 heavy (non-hydrogen) atoms. The molecule has 6 heteroatoms. The highest BCUT2D eigenvalue weighted by molar-refractivity contribution is 7.15. The molecule has 3 aromatic rings. The second-order valence-corrected chi connectivity index (χ2v) is 6.32. The molecule has 0 radical (unpaired) electrons. The maximum absolute atomic E-state index is 5.92. The molecule has 1 N–H and O–H groups in total. The fraction of sp³-hybridized carbons (Fsp3) is 0.267. The van der Waals surface area contributed by atoms with Crippen molar-refractivity contribution in [2.75, 3.05) is 0 Å². The highest BCUT2D eigenvalue weighted by Gasteiger charge is 2.15. The Hall–Kier alpha value is -1.56. The summed E-state index contributed by atoms with van der Waals surface area (Å²) in [6, 6.07) is 7.70. The number of benzene rings is 1. The van der Waals surface area contributed by atoms with Gasteiger partial charge in [-0.3, -0.25) is 4.40 Å². The summed E-state index contributed by atoms with van der Waals surface area (Å²) >= 11 is 7.49. The molecule has 0 saturated heterocycles. The third-order valence-corrected chi connectivity index (χ3v) is 4.04. The average molecular weight is 322 g/mol. The minimum absolute atomic E-state index is 0.401. The van der Waals surface area contributed by atoms with Gasteiger partial charge in [-0.2, -0.15) is 4.98 Å². The first-order valence-electron chi connectivity index (χ1n) is 6.74. The second-order valence-electron chi connectivity index (χ2n) is 5.01. The molecule has 3 rings (SSSR count). The number of nitrogens with one attached hydrogen (secondary N) is 1. The van der Waals surface area contributed by atoms with Gasteiger partial charge in [0.2, 0.25) is 5.88 Å². The fourth-order valence-corrected chi connectivity index (χ4v) is 2.82. The molecule has 0 aliphatic heterocycles. The molecular formula is C15H16ClN3OS. The number of halogens is 1. The van der Waals surface area contributed by atoms with Gasteiger partial charge >= 0.3 is 0 Å². The van der Waals surface area contributed by atoms with Crippen molar-refractivity contribution in [3.8, 4) is 11.6 Å². The Balaban J connectivity index is 1.91. The maximum atomic E-state index is 5.92. The van der Waals surface area contributed by atoms with Crippen molar-refractivity contribution in [1.82, 2.24) is 14.7 Å². The number of thiazole rings is 1. The molecule has 0 fully saturated rings. The van der Waals surface area contributed by atoms with E-state index in [2.05, 4.69) is 28.5 Å². The molecule has 2 heterocycles. The Kier molecular flexibility index (Phi) is 4.14. The van der Waals surface area contributed by atoms with E-state index in [1.165, 1.54) is 0 Å². The molecule has 0 unspecified atom stereocenters. The SMILES string of the molecule is CC(C)NCc1c(Oc2ccc(Cl)cc2)nc2sccn12. The molecule has 0 aliphatic carbocycles. The van der Waals surface area contributed by atoms with Crippen molar-refractivity contribution in [2.45, 2.75) is 26.4 Å². The van der Waals surface area contributed by atoms with Crippen molar-refractivity contribution in [1.29, 1.82) is 0 Å². The van der Waals surface area contributed by atoms with Crippen LogP contribution in [-0.2, 0) is 6.54 Å². The first-order chi connectivity index (χ1) is 10.1. The lowest BCUT2D eigenvalue weighted by molar-refractivity contribution is 0.452. The van der Waals surface area contributed by atoms with E-state index in [1.54, 1.807) is 23.5 Å². The molecule has 0 spiro atoms. The van der Waals surface area contributed by atoms with Crippen molar-refractivity contribution in [2.24, 2.45) is 0 Å². The van der Waals surface area contributed by atoms with E-state index in [9.17, 15) is 0 Å². The largest absolute Gasteiger partial charge is 0.437 e. The zero-order valence-corrected chi connectivity index (χ0v) is 13.4. The number of aromatic nitrogens is 2. The molecule has 0 bridgehead atoms. The van der Waals surface area contributed by atoms with Gasteiger partial charge in [0.25, 0.3) is 0 Å². The van der Waals surface area contributed by atoms with E-state index >= 15 is 0 Å². The lowest BCUT2D eigenvalue weighted by atomic mass is 10.3. The predicted molar refractivity (Wildman–Crippen MR) is 86.6 cm³/mol. The predicted octanol–water partition coefficient (Wildman–Crippen LogP) is 4.34. The fourth-order valence-electron chi connectivity index (χ4n) is 1.97. The first kappa shape index (κ1) is 14.4. The summed E-state index contributed by atoms with van der Waals surface area (Å²) in [6.07, 6.45) is 2.01. The third-order valence-electron chi connectivity index (χ3n) is 3.03. The van der Waals surface area contributed by atoms with E-state index < -0.39 is 0 Å². The van der Waals surface area contributed by atoms with Crippen LogP contribution in [0.1, 0.15) is 19.5 Å². The molecule has 2 aromatic heterocycles. The van der Waals surface area contributed by atoms with Crippen LogP contribution in [0.4, 0.5) is 0 Å². The van der Waals surface area contributed by atoms with Gasteiger partial charge in [0.05, 0.1) is 0 Å². The van der Waals surface area contributed by atoms with Crippen LogP contribution in [0.15, 0.2) is 35.8 Å². The Morgan fingerprint density at radius 1 is 1.33 bits per heavy atom. The summed E-state index contributed by atoms with van der Waals surface area (Å²) in [5, 5.41) is 6.12. The van der Waals surface area contributed by atoms with E-state index in [1.807, 2.05) is 23.7 Å². The van der Waals surface area contributed by atoms with E-state index in [4.69, 9.17) is 16.3 Å². The standard InChI is InChI=1S/C15H16ClN3OS/c1-10(2)17-9-13-14(18-15-19(13)7-8-21-15)20-12-5-3-11(16)4-6-12/h3-8,10,17H,9H2,1-2H3. The monoisotopic (exact) mass is 321 g/mol. The van der Waals surface area contributed by atoms with Crippen molar-refractivity contribution in [3.05, 3.63) is 46.6 Å². The maximum Gasteiger partial charge on any atom is 0.243 e. The normalized spacial score (nSPS) is 11.4. The van der Waals surface area contributed by atoms with Crippen LogP contribution < -0.4 is 10.1 Å². The lowest BCUT2D eigenvalue weighted by Gasteiger charge is -2.09. The average Bonchev–Trinajstić information content (AvgIpc) is 3.00.